The first-order valence-corrected chi connectivity index (χ1v) is 14.0. The Bertz CT molecular complexity index is 1460. The Balaban J connectivity index is 1.34. The Kier molecular flexibility index (Phi) is 7.04. The van der Waals surface area contributed by atoms with Gasteiger partial charge in [0.15, 0.2) is 0 Å². The number of carbonyl (C=O) groups is 2. The maximum atomic E-state index is 13.8. The molecule has 0 atom stereocenters. The van der Waals surface area contributed by atoms with Crippen LogP contribution >= 0.6 is 0 Å². The van der Waals surface area contributed by atoms with Crippen molar-refractivity contribution in [1.82, 2.24) is 19.3 Å². The molecule has 41 heavy (non-hydrogen) atoms. The highest BCUT2D eigenvalue weighted by atomic mass is 19.4. The predicted octanol–water partition coefficient (Wildman–Crippen LogP) is 5.83. The summed E-state index contributed by atoms with van der Waals surface area (Å²) in [5.74, 6) is -3.55. The zero-order valence-corrected chi connectivity index (χ0v) is 22.5. The van der Waals surface area contributed by atoms with E-state index in [0.29, 0.717) is 35.6 Å². The largest absolute Gasteiger partial charge is 0.416 e. The van der Waals surface area contributed by atoms with E-state index in [-0.39, 0.29) is 30.4 Å². The van der Waals surface area contributed by atoms with E-state index in [9.17, 15) is 31.5 Å². The number of amides is 2. The lowest BCUT2D eigenvalue weighted by molar-refractivity contribution is -0.137. The molecule has 2 amide bonds. The molecule has 6 rings (SSSR count). The lowest BCUT2D eigenvalue weighted by atomic mass is 9.91. The summed E-state index contributed by atoms with van der Waals surface area (Å²) in [4.78, 5) is 32.5. The highest BCUT2D eigenvalue weighted by molar-refractivity contribution is 6.03. The maximum Gasteiger partial charge on any atom is 0.416 e. The van der Waals surface area contributed by atoms with Gasteiger partial charge in [0, 0.05) is 74.8 Å². The number of nitrogens with zero attached hydrogens (tertiary/aromatic N) is 4. The smallest absolute Gasteiger partial charge is 0.337 e. The summed E-state index contributed by atoms with van der Waals surface area (Å²) < 4.78 is 69.6. The van der Waals surface area contributed by atoms with Crippen LogP contribution in [0, 0.1) is 0 Å². The van der Waals surface area contributed by atoms with Gasteiger partial charge >= 0.3 is 6.18 Å². The lowest BCUT2D eigenvalue weighted by Crippen LogP contribution is -2.53. The molecule has 1 saturated carbocycles. The molecule has 0 unspecified atom stereocenters. The van der Waals surface area contributed by atoms with Crippen LogP contribution in [0.3, 0.4) is 0 Å². The van der Waals surface area contributed by atoms with Crippen LogP contribution in [0.5, 0.6) is 0 Å². The number of carbonyl (C=O) groups excluding carboxylic acids is 2. The van der Waals surface area contributed by atoms with Gasteiger partial charge in [0.1, 0.15) is 5.69 Å². The first kappa shape index (κ1) is 27.7. The highest BCUT2D eigenvalue weighted by Crippen LogP contribution is 2.34. The summed E-state index contributed by atoms with van der Waals surface area (Å²) >= 11 is 0. The standard InChI is InChI=1S/C30H31F5N4O2/c31-29(32)9-11-37(12-10-29)28(41)26-18-21-17-20(27(40)38-15-13-36(14-16-38)23-4-2-5-23)7-8-25(21)39(26)24-6-1-3-22(19-24)30(33,34)35/h1,3,6-8,17-19,23H,2,4-5,9-16H2. The van der Waals surface area contributed by atoms with Crippen LogP contribution < -0.4 is 0 Å². The molecule has 1 aromatic heterocycles. The number of fused-ring (bicyclic) bond motifs is 1. The number of aromatic nitrogens is 1. The van der Waals surface area contributed by atoms with E-state index in [0.717, 1.165) is 25.2 Å². The molecule has 0 spiro atoms. The molecule has 0 bridgehead atoms. The van der Waals surface area contributed by atoms with Gasteiger partial charge in [0.25, 0.3) is 17.7 Å². The van der Waals surface area contributed by atoms with Gasteiger partial charge < -0.3 is 14.4 Å². The first-order chi connectivity index (χ1) is 19.5. The Hall–Kier alpha value is -3.47. The van der Waals surface area contributed by atoms with Gasteiger partial charge in [-0.05, 0) is 55.3 Å². The third-order valence-corrected chi connectivity index (χ3v) is 8.67. The summed E-state index contributed by atoms with van der Waals surface area (Å²) in [5.41, 5.74) is 0.171. The second-order valence-corrected chi connectivity index (χ2v) is 11.2. The fourth-order valence-electron chi connectivity index (χ4n) is 6.03. The Morgan fingerprint density at radius 3 is 2.12 bits per heavy atom. The van der Waals surface area contributed by atoms with E-state index < -0.39 is 36.4 Å². The molecule has 3 fully saturated rings. The Morgan fingerprint density at radius 1 is 0.805 bits per heavy atom. The lowest BCUT2D eigenvalue weighted by Gasteiger charge is -2.42. The van der Waals surface area contributed by atoms with Crippen molar-refractivity contribution in [3.8, 4) is 5.69 Å². The molecule has 3 heterocycles. The second-order valence-electron chi connectivity index (χ2n) is 11.2. The zero-order chi connectivity index (χ0) is 28.9. The number of hydrogen-bond acceptors (Lipinski definition) is 3. The average molecular weight is 575 g/mol. The summed E-state index contributed by atoms with van der Waals surface area (Å²) in [6, 6.07) is 11.7. The van der Waals surface area contributed by atoms with Crippen molar-refractivity contribution in [2.75, 3.05) is 39.3 Å². The van der Waals surface area contributed by atoms with Crippen LogP contribution in [0.25, 0.3) is 16.6 Å². The van der Waals surface area contributed by atoms with Crippen molar-refractivity contribution >= 4 is 22.7 Å². The monoisotopic (exact) mass is 574 g/mol. The number of benzene rings is 2. The van der Waals surface area contributed by atoms with Crippen LogP contribution in [0.2, 0.25) is 0 Å². The van der Waals surface area contributed by atoms with E-state index in [4.69, 9.17) is 0 Å². The Labute approximate surface area is 234 Å². The van der Waals surface area contributed by atoms with E-state index in [1.807, 2.05) is 0 Å². The van der Waals surface area contributed by atoms with Gasteiger partial charge in [-0.3, -0.25) is 14.5 Å². The minimum absolute atomic E-state index is 0.0586. The number of piperidine rings is 1. The maximum absolute atomic E-state index is 13.8. The molecule has 3 aliphatic rings. The molecular formula is C30H31F5N4O2. The van der Waals surface area contributed by atoms with E-state index >= 15 is 0 Å². The molecular weight excluding hydrogens is 543 g/mol. The summed E-state index contributed by atoms with van der Waals surface area (Å²) in [5, 5.41) is 0.507. The summed E-state index contributed by atoms with van der Waals surface area (Å²) in [7, 11) is 0. The fraction of sp³-hybridized carbons (Fsp3) is 0.467. The van der Waals surface area contributed by atoms with Gasteiger partial charge in [0.2, 0.25) is 0 Å². The number of alkyl halides is 5. The van der Waals surface area contributed by atoms with Crippen LogP contribution in [0.1, 0.15) is 58.5 Å². The van der Waals surface area contributed by atoms with E-state index in [1.54, 1.807) is 23.1 Å². The van der Waals surface area contributed by atoms with Crippen LogP contribution in [0.4, 0.5) is 22.0 Å². The van der Waals surface area contributed by atoms with E-state index in [1.165, 1.54) is 46.9 Å². The molecule has 6 nitrogen and oxygen atoms in total. The Morgan fingerprint density at radius 2 is 1.49 bits per heavy atom. The number of hydrogen-bond donors (Lipinski definition) is 0. The fourth-order valence-corrected chi connectivity index (χ4v) is 6.03. The van der Waals surface area contributed by atoms with Gasteiger partial charge in [0.05, 0.1) is 11.1 Å². The highest BCUT2D eigenvalue weighted by Gasteiger charge is 2.37. The molecule has 218 valence electrons. The van der Waals surface area contributed by atoms with E-state index in [2.05, 4.69) is 4.90 Å². The SMILES string of the molecule is O=C(c1ccc2c(c1)cc(C(=O)N1CCC(F)(F)CC1)n2-c1cccc(C(F)(F)F)c1)N1CCN(C2CCC2)CC1. The predicted molar refractivity (Wildman–Crippen MR) is 143 cm³/mol. The summed E-state index contributed by atoms with van der Waals surface area (Å²) in [6.07, 6.45) is -1.89. The van der Waals surface area contributed by atoms with Crippen molar-refractivity contribution in [3.05, 3.63) is 65.4 Å². The van der Waals surface area contributed by atoms with Gasteiger partial charge in [-0.2, -0.15) is 13.2 Å². The zero-order valence-electron chi connectivity index (χ0n) is 22.5. The first-order valence-electron chi connectivity index (χ1n) is 14.0. The number of likely N-dealkylation sites (tertiary alicyclic amines) is 1. The van der Waals surface area contributed by atoms with Crippen LogP contribution in [0.15, 0.2) is 48.5 Å². The molecule has 0 radical (unpaired) electrons. The van der Waals surface area contributed by atoms with Crippen LogP contribution in [-0.2, 0) is 6.18 Å². The molecule has 0 N–H and O–H groups in total. The molecule has 2 aliphatic heterocycles. The number of rotatable bonds is 4. The molecule has 1 aliphatic carbocycles. The average Bonchev–Trinajstić information content (AvgIpc) is 3.30. The minimum Gasteiger partial charge on any atom is -0.337 e. The molecule has 2 saturated heterocycles. The number of halogens is 5. The van der Waals surface area contributed by atoms with Crippen LogP contribution in [-0.4, -0.2) is 82.3 Å². The molecule has 3 aromatic rings. The van der Waals surface area contributed by atoms with Gasteiger partial charge in [-0.1, -0.05) is 12.5 Å². The van der Waals surface area contributed by atoms with Crippen molar-refractivity contribution in [2.45, 2.75) is 50.2 Å². The normalized spacial score (nSPS) is 20.3. The minimum atomic E-state index is -4.59. The third kappa shape index (κ3) is 5.43. The molecule has 2 aromatic carbocycles. The third-order valence-electron chi connectivity index (χ3n) is 8.67. The summed E-state index contributed by atoms with van der Waals surface area (Å²) in [6.45, 7) is 2.54. The van der Waals surface area contributed by atoms with Crippen molar-refractivity contribution in [3.63, 3.8) is 0 Å². The van der Waals surface area contributed by atoms with Gasteiger partial charge in [-0.15, -0.1) is 0 Å². The van der Waals surface area contributed by atoms with Crippen molar-refractivity contribution < 1.29 is 31.5 Å². The topological polar surface area (TPSA) is 48.8 Å². The number of piperazine rings is 1. The second kappa shape index (κ2) is 10.4. The quantitative estimate of drug-likeness (QED) is 0.369. The van der Waals surface area contributed by atoms with Gasteiger partial charge in [-0.25, -0.2) is 8.78 Å². The molecule has 11 heteroatoms. The van der Waals surface area contributed by atoms with Crippen molar-refractivity contribution in [1.29, 1.82) is 0 Å². The van der Waals surface area contributed by atoms with Crippen molar-refractivity contribution in [2.24, 2.45) is 0 Å².